The predicted molar refractivity (Wildman–Crippen MR) is 62.4 cm³/mol. The van der Waals surface area contributed by atoms with Gasteiger partial charge in [0.25, 0.3) is 0 Å². The van der Waals surface area contributed by atoms with Crippen LogP contribution in [0.25, 0.3) is 0 Å². The summed E-state index contributed by atoms with van der Waals surface area (Å²) in [6.07, 6.45) is 2.73. The number of piperidine rings is 1. The Morgan fingerprint density at radius 1 is 1.20 bits per heavy atom. The van der Waals surface area contributed by atoms with Crippen molar-refractivity contribution in [3.63, 3.8) is 0 Å². The fourth-order valence-corrected chi connectivity index (χ4v) is 2.11. The quantitative estimate of drug-likeness (QED) is 0.800. The van der Waals surface area contributed by atoms with Gasteiger partial charge in [-0.3, -0.25) is 0 Å². The molecule has 15 heavy (non-hydrogen) atoms. The van der Waals surface area contributed by atoms with Crippen molar-refractivity contribution in [3.8, 4) is 5.75 Å². The van der Waals surface area contributed by atoms with Gasteiger partial charge in [0.05, 0.1) is 0 Å². The van der Waals surface area contributed by atoms with E-state index in [1.807, 2.05) is 0 Å². The van der Waals surface area contributed by atoms with E-state index < -0.39 is 0 Å². The third-order valence-corrected chi connectivity index (χ3v) is 2.75. The average Bonchev–Trinajstić information content (AvgIpc) is 2.17. The van der Waals surface area contributed by atoms with Crippen LogP contribution in [0.4, 0.5) is 0 Å². The summed E-state index contributed by atoms with van der Waals surface area (Å²) in [7, 11) is 0. The molecule has 2 heteroatoms. The Bertz CT molecular complexity index is 309. The van der Waals surface area contributed by atoms with Gasteiger partial charge in [-0.1, -0.05) is 6.07 Å². The molecule has 0 unspecified atom stereocenters. The van der Waals surface area contributed by atoms with Gasteiger partial charge in [0.1, 0.15) is 11.9 Å². The number of hydrogen-bond acceptors (Lipinski definition) is 2. The van der Waals surface area contributed by atoms with Gasteiger partial charge in [-0.05, 0) is 56.5 Å². The third kappa shape index (κ3) is 2.96. The van der Waals surface area contributed by atoms with E-state index in [1.54, 1.807) is 0 Å². The standard InChI is InChI=1S/C13H19NO/c1-10-6-11(2)8-13(7-10)15-12-4-3-5-14-9-12/h6-8,12,14H,3-5,9H2,1-2H3/t12-/m1/s1. The summed E-state index contributed by atoms with van der Waals surface area (Å²) in [4.78, 5) is 0. The number of nitrogens with one attached hydrogen (secondary N) is 1. The Balaban J connectivity index is 2.02. The highest BCUT2D eigenvalue weighted by Gasteiger charge is 2.14. The Labute approximate surface area is 91.6 Å². The van der Waals surface area contributed by atoms with Crippen LogP contribution in [0.3, 0.4) is 0 Å². The molecule has 1 fully saturated rings. The normalized spacial score (nSPS) is 21.3. The molecule has 0 amide bonds. The number of aryl methyl sites for hydroxylation is 2. The molecule has 0 bridgehead atoms. The number of ether oxygens (including phenoxy) is 1. The summed E-state index contributed by atoms with van der Waals surface area (Å²) < 4.78 is 5.95. The first-order valence-corrected chi connectivity index (χ1v) is 5.70. The van der Waals surface area contributed by atoms with Crippen LogP contribution >= 0.6 is 0 Å². The third-order valence-electron chi connectivity index (χ3n) is 2.75. The van der Waals surface area contributed by atoms with Crippen molar-refractivity contribution in [2.24, 2.45) is 0 Å². The zero-order valence-electron chi connectivity index (χ0n) is 9.55. The van der Waals surface area contributed by atoms with Crippen molar-refractivity contribution >= 4 is 0 Å². The minimum atomic E-state index is 0.347. The molecule has 1 heterocycles. The van der Waals surface area contributed by atoms with Crippen molar-refractivity contribution in [2.75, 3.05) is 13.1 Å². The fraction of sp³-hybridized carbons (Fsp3) is 0.538. The first-order valence-electron chi connectivity index (χ1n) is 5.70. The van der Waals surface area contributed by atoms with Crippen molar-refractivity contribution < 1.29 is 4.74 Å². The highest BCUT2D eigenvalue weighted by molar-refractivity contribution is 5.33. The van der Waals surface area contributed by atoms with E-state index in [0.717, 1.165) is 18.8 Å². The van der Waals surface area contributed by atoms with Crippen LogP contribution in [0.5, 0.6) is 5.75 Å². The van der Waals surface area contributed by atoms with Crippen LogP contribution in [-0.2, 0) is 0 Å². The molecule has 0 aliphatic carbocycles. The minimum Gasteiger partial charge on any atom is -0.489 e. The lowest BCUT2D eigenvalue weighted by molar-refractivity contribution is 0.167. The molecule has 82 valence electrons. The highest BCUT2D eigenvalue weighted by atomic mass is 16.5. The van der Waals surface area contributed by atoms with Gasteiger partial charge in [-0.25, -0.2) is 0 Å². The second-order valence-electron chi connectivity index (χ2n) is 4.41. The highest BCUT2D eigenvalue weighted by Crippen LogP contribution is 2.19. The minimum absolute atomic E-state index is 0.347. The zero-order chi connectivity index (χ0) is 10.7. The van der Waals surface area contributed by atoms with Crippen LogP contribution in [-0.4, -0.2) is 19.2 Å². The maximum absolute atomic E-state index is 5.95. The van der Waals surface area contributed by atoms with Gasteiger partial charge in [0, 0.05) is 6.54 Å². The monoisotopic (exact) mass is 205 g/mol. The summed E-state index contributed by atoms with van der Waals surface area (Å²) >= 11 is 0. The Morgan fingerprint density at radius 3 is 2.53 bits per heavy atom. The van der Waals surface area contributed by atoms with Gasteiger partial charge in [0.2, 0.25) is 0 Å². The molecule has 1 aliphatic heterocycles. The summed E-state index contributed by atoms with van der Waals surface area (Å²) in [5.41, 5.74) is 2.54. The lowest BCUT2D eigenvalue weighted by atomic mass is 10.1. The Morgan fingerprint density at radius 2 is 1.93 bits per heavy atom. The first kappa shape index (κ1) is 10.5. The van der Waals surface area contributed by atoms with Gasteiger partial charge in [0.15, 0.2) is 0 Å². The van der Waals surface area contributed by atoms with Gasteiger partial charge in [-0.15, -0.1) is 0 Å². The van der Waals surface area contributed by atoms with Crippen molar-refractivity contribution in [2.45, 2.75) is 32.8 Å². The maximum atomic E-state index is 5.95. The van der Waals surface area contributed by atoms with Crippen LogP contribution < -0.4 is 10.1 Å². The molecular weight excluding hydrogens is 186 g/mol. The predicted octanol–water partition coefficient (Wildman–Crippen LogP) is 2.43. The largest absolute Gasteiger partial charge is 0.489 e. The lowest BCUT2D eigenvalue weighted by Crippen LogP contribution is -2.37. The molecule has 1 saturated heterocycles. The van der Waals surface area contributed by atoms with Crippen LogP contribution in [0.2, 0.25) is 0 Å². The molecule has 0 aromatic heterocycles. The van der Waals surface area contributed by atoms with E-state index in [-0.39, 0.29) is 0 Å². The molecule has 2 nitrogen and oxygen atoms in total. The molecule has 2 rings (SSSR count). The van der Waals surface area contributed by atoms with E-state index in [0.29, 0.717) is 6.10 Å². The second-order valence-corrected chi connectivity index (χ2v) is 4.41. The molecule has 0 saturated carbocycles. The SMILES string of the molecule is Cc1cc(C)cc(O[C@@H]2CCCNC2)c1. The van der Waals surface area contributed by atoms with Gasteiger partial charge < -0.3 is 10.1 Å². The van der Waals surface area contributed by atoms with E-state index in [4.69, 9.17) is 4.74 Å². The van der Waals surface area contributed by atoms with E-state index >= 15 is 0 Å². The fourth-order valence-electron chi connectivity index (χ4n) is 2.11. The molecule has 0 spiro atoms. The molecule has 0 radical (unpaired) electrons. The summed E-state index contributed by atoms with van der Waals surface area (Å²) in [6.45, 7) is 6.33. The molecular formula is C13H19NO. The Kier molecular flexibility index (Phi) is 3.27. The van der Waals surface area contributed by atoms with Crippen molar-refractivity contribution in [3.05, 3.63) is 29.3 Å². The second kappa shape index (κ2) is 4.67. The number of rotatable bonds is 2. The number of hydrogen-bond donors (Lipinski definition) is 1. The zero-order valence-corrected chi connectivity index (χ0v) is 9.55. The van der Waals surface area contributed by atoms with Crippen molar-refractivity contribution in [1.82, 2.24) is 5.32 Å². The van der Waals surface area contributed by atoms with Crippen molar-refractivity contribution in [1.29, 1.82) is 0 Å². The lowest BCUT2D eigenvalue weighted by Gasteiger charge is -2.24. The van der Waals surface area contributed by atoms with Crippen LogP contribution in [0.1, 0.15) is 24.0 Å². The van der Waals surface area contributed by atoms with Crippen LogP contribution in [0, 0.1) is 13.8 Å². The van der Waals surface area contributed by atoms with E-state index in [2.05, 4.69) is 37.4 Å². The van der Waals surface area contributed by atoms with Gasteiger partial charge in [-0.2, -0.15) is 0 Å². The maximum Gasteiger partial charge on any atom is 0.120 e. The van der Waals surface area contributed by atoms with Crippen LogP contribution in [0.15, 0.2) is 18.2 Å². The average molecular weight is 205 g/mol. The molecule has 1 atom stereocenters. The summed E-state index contributed by atoms with van der Waals surface area (Å²) in [6, 6.07) is 6.40. The summed E-state index contributed by atoms with van der Waals surface area (Å²) in [5.74, 6) is 1.02. The van der Waals surface area contributed by atoms with E-state index in [1.165, 1.54) is 24.0 Å². The molecule has 1 N–H and O–H groups in total. The smallest absolute Gasteiger partial charge is 0.120 e. The summed E-state index contributed by atoms with van der Waals surface area (Å²) in [5, 5.41) is 3.36. The topological polar surface area (TPSA) is 21.3 Å². The Hall–Kier alpha value is -1.02. The number of benzene rings is 1. The van der Waals surface area contributed by atoms with E-state index in [9.17, 15) is 0 Å². The first-order chi connectivity index (χ1) is 7.24. The molecule has 1 aromatic carbocycles. The molecule has 1 aromatic rings. The molecule has 1 aliphatic rings. The van der Waals surface area contributed by atoms with Gasteiger partial charge >= 0.3 is 0 Å².